The van der Waals surface area contributed by atoms with Crippen molar-refractivity contribution in [1.82, 2.24) is 10.2 Å². The standard InChI is InChI=1S/C29H39N3O5S/c1-18-9-7-12-23(19(18)2)25(26(33)30-20-13-15-22(36-6)16-14-20)32(21-10-8-11-21)27(34)24(17-38)31-28(35)37-29(3,4)5/h7,9,12-16,21,24-25,38H,8,10-11,17H2,1-6H3,(H,30,33)(H,31,35). The van der Waals surface area contributed by atoms with Crippen LogP contribution in [0.2, 0.25) is 0 Å². The van der Waals surface area contributed by atoms with E-state index in [1.165, 1.54) is 0 Å². The predicted octanol–water partition coefficient (Wildman–Crippen LogP) is 5.20. The van der Waals surface area contributed by atoms with Crippen molar-refractivity contribution in [2.45, 2.75) is 77.6 Å². The zero-order valence-electron chi connectivity index (χ0n) is 23.0. The van der Waals surface area contributed by atoms with Gasteiger partial charge in [-0.3, -0.25) is 9.59 Å². The highest BCUT2D eigenvalue weighted by Crippen LogP contribution is 2.36. The Morgan fingerprint density at radius 1 is 1.08 bits per heavy atom. The number of alkyl carbamates (subject to hydrolysis) is 1. The largest absolute Gasteiger partial charge is 0.497 e. The first kappa shape index (κ1) is 29.4. The highest BCUT2D eigenvalue weighted by molar-refractivity contribution is 7.80. The molecule has 0 aliphatic heterocycles. The molecule has 0 spiro atoms. The molecule has 2 aromatic carbocycles. The van der Waals surface area contributed by atoms with E-state index in [-0.39, 0.29) is 23.6 Å². The second kappa shape index (κ2) is 12.6. The van der Waals surface area contributed by atoms with Gasteiger partial charge in [0.05, 0.1) is 7.11 Å². The lowest BCUT2D eigenvalue weighted by atomic mass is 9.87. The van der Waals surface area contributed by atoms with Crippen molar-refractivity contribution < 1.29 is 23.9 Å². The van der Waals surface area contributed by atoms with E-state index in [0.717, 1.165) is 36.0 Å². The van der Waals surface area contributed by atoms with E-state index in [9.17, 15) is 14.4 Å². The number of nitrogens with zero attached hydrogens (tertiary/aromatic N) is 1. The molecule has 2 atom stereocenters. The Balaban J connectivity index is 2.01. The van der Waals surface area contributed by atoms with E-state index in [2.05, 4.69) is 23.3 Å². The van der Waals surface area contributed by atoms with Crippen LogP contribution in [0.4, 0.5) is 10.5 Å². The minimum atomic E-state index is -0.963. The van der Waals surface area contributed by atoms with Crippen LogP contribution in [-0.2, 0) is 14.3 Å². The van der Waals surface area contributed by atoms with E-state index < -0.39 is 23.8 Å². The summed E-state index contributed by atoms with van der Waals surface area (Å²) < 4.78 is 10.6. The second-order valence-corrected chi connectivity index (χ2v) is 11.0. The minimum absolute atomic E-state index is 0.0565. The Kier molecular flexibility index (Phi) is 9.71. The third kappa shape index (κ3) is 7.22. The molecule has 0 heterocycles. The van der Waals surface area contributed by atoms with Gasteiger partial charge >= 0.3 is 6.09 Å². The summed E-state index contributed by atoms with van der Waals surface area (Å²) in [6.45, 7) is 9.20. The molecule has 2 N–H and O–H groups in total. The number of carbonyl (C=O) groups excluding carboxylic acids is 3. The van der Waals surface area contributed by atoms with E-state index >= 15 is 0 Å². The number of hydrogen-bond donors (Lipinski definition) is 3. The number of anilines is 1. The summed E-state index contributed by atoms with van der Waals surface area (Å²) in [7, 11) is 1.58. The summed E-state index contributed by atoms with van der Waals surface area (Å²) in [5.41, 5.74) is 2.56. The molecule has 0 radical (unpaired) electrons. The molecule has 0 saturated heterocycles. The van der Waals surface area contributed by atoms with Crippen LogP contribution in [0, 0.1) is 13.8 Å². The SMILES string of the molecule is COc1ccc(NC(=O)C(c2cccc(C)c2C)N(C(=O)C(CS)NC(=O)OC(C)(C)C)C2CCC2)cc1. The molecule has 1 aliphatic carbocycles. The fraction of sp³-hybridized carbons (Fsp3) is 0.483. The van der Waals surface area contributed by atoms with Gasteiger partial charge in [0.1, 0.15) is 23.4 Å². The van der Waals surface area contributed by atoms with Gasteiger partial charge in [-0.15, -0.1) is 0 Å². The number of hydrogen-bond acceptors (Lipinski definition) is 6. The maximum atomic E-state index is 14.1. The van der Waals surface area contributed by atoms with E-state index in [0.29, 0.717) is 11.4 Å². The first-order valence-electron chi connectivity index (χ1n) is 12.9. The Bertz CT molecular complexity index is 1140. The average molecular weight is 542 g/mol. The zero-order chi connectivity index (χ0) is 28.0. The number of methoxy groups -OCH3 is 1. The van der Waals surface area contributed by atoms with E-state index in [1.54, 1.807) is 57.0 Å². The van der Waals surface area contributed by atoms with Crippen LogP contribution < -0.4 is 15.4 Å². The molecular weight excluding hydrogens is 502 g/mol. The summed E-state index contributed by atoms with van der Waals surface area (Å²) in [5.74, 6) is 0.0248. The van der Waals surface area contributed by atoms with Gasteiger partial charge in [0.2, 0.25) is 5.91 Å². The van der Waals surface area contributed by atoms with Crippen molar-refractivity contribution in [3.05, 3.63) is 59.2 Å². The Labute approximate surface area is 230 Å². The lowest BCUT2D eigenvalue weighted by Gasteiger charge is -2.44. The summed E-state index contributed by atoms with van der Waals surface area (Å²) in [5, 5.41) is 5.65. The fourth-order valence-corrected chi connectivity index (χ4v) is 4.62. The maximum Gasteiger partial charge on any atom is 0.408 e. The number of thiol groups is 1. The molecule has 3 amide bonds. The highest BCUT2D eigenvalue weighted by Gasteiger charge is 2.42. The number of carbonyl (C=O) groups is 3. The first-order chi connectivity index (χ1) is 17.9. The molecule has 38 heavy (non-hydrogen) atoms. The zero-order valence-corrected chi connectivity index (χ0v) is 23.9. The van der Waals surface area contributed by atoms with Crippen molar-refractivity contribution in [1.29, 1.82) is 0 Å². The number of rotatable bonds is 9. The number of nitrogens with one attached hydrogen (secondary N) is 2. The lowest BCUT2D eigenvalue weighted by molar-refractivity contribution is -0.145. The highest BCUT2D eigenvalue weighted by atomic mass is 32.1. The van der Waals surface area contributed by atoms with Crippen LogP contribution in [0.3, 0.4) is 0 Å². The van der Waals surface area contributed by atoms with Gasteiger partial charge < -0.3 is 25.0 Å². The first-order valence-corrected chi connectivity index (χ1v) is 13.5. The van der Waals surface area contributed by atoms with Crippen LogP contribution in [0.1, 0.15) is 62.8 Å². The van der Waals surface area contributed by atoms with Crippen LogP contribution in [-0.4, -0.2) is 53.4 Å². The molecule has 0 aromatic heterocycles. The summed E-state index contributed by atoms with van der Waals surface area (Å²) >= 11 is 4.36. The van der Waals surface area contributed by atoms with Crippen LogP contribution >= 0.6 is 12.6 Å². The lowest BCUT2D eigenvalue weighted by Crippen LogP contribution is -2.57. The summed E-state index contributed by atoms with van der Waals surface area (Å²) in [6.07, 6.45) is 1.80. The second-order valence-electron chi connectivity index (χ2n) is 10.6. The van der Waals surface area contributed by atoms with E-state index in [1.807, 2.05) is 32.0 Å². The number of amides is 3. The predicted molar refractivity (Wildman–Crippen MR) is 152 cm³/mol. The Hall–Kier alpha value is -3.20. The van der Waals surface area contributed by atoms with Gasteiger partial charge in [-0.25, -0.2) is 4.79 Å². The van der Waals surface area contributed by atoms with Gasteiger partial charge in [0.25, 0.3) is 5.91 Å². The fourth-order valence-electron chi connectivity index (χ4n) is 4.37. The average Bonchev–Trinajstić information content (AvgIpc) is 2.82. The van der Waals surface area contributed by atoms with E-state index in [4.69, 9.17) is 9.47 Å². The molecule has 1 saturated carbocycles. The molecule has 206 valence electrons. The maximum absolute atomic E-state index is 14.1. The quantitative estimate of drug-likeness (QED) is 0.380. The van der Waals surface area contributed by atoms with Crippen LogP contribution in [0.5, 0.6) is 5.75 Å². The molecule has 1 aliphatic rings. The molecule has 2 aromatic rings. The van der Waals surface area contributed by atoms with Crippen LogP contribution in [0.25, 0.3) is 0 Å². The molecular formula is C29H39N3O5S. The minimum Gasteiger partial charge on any atom is -0.497 e. The number of benzene rings is 2. The van der Waals surface area contributed by atoms with Gasteiger partial charge in [-0.2, -0.15) is 12.6 Å². The third-order valence-corrected chi connectivity index (χ3v) is 7.08. The van der Waals surface area contributed by atoms with Crippen molar-refractivity contribution >= 4 is 36.2 Å². The van der Waals surface area contributed by atoms with Crippen molar-refractivity contribution in [2.75, 3.05) is 18.2 Å². The normalized spacial score (nSPS) is 15.0. The van der Waals surface area contributed by atoms with Gasteiger partial charge in [0, 0.05) is 17.5 Å². The number of ether oxygens (including phenoxy) is 2. The molecule has 2 unspecified atom stereocenters. The molecule has 3 rings (SSSR count). The topological polar surface area (TPSA) is 97.0 Å². The smallest absolute Gasteiger partial charge is 0.408 e. The number of aryl methyl sites for hydroxylation is 1. The molecule has 8 nitrogen and oxygen atoms in total. The molecule has 9 heteroatoms. The van der Waals surface area contributed by atoms with Gasteiger partial charge in [-0.05, 0) is 94.8 Å². The summed E-state index contributed by atoms with van der Waals surface area (Å²) in [4.78, 5) is 42.2. The summed E-state index contributed by atoms with van der Waals surface area (Å²) in [6, 6.07) is 10.8. The van der Waals surface area contributed by atoms with Crippen molar-refractivity contribution in [2.24, 2.45) is 0 Å². The Morgan fingerprint density at radius 2 is 1.74 bits per heavy atom. The molecule has 1 fully saturated rings. The van der Waals surface area contributed by atoms with Crippen molar-refractivity contribution in [3.63, 3.8) is 0 Å². The monoisotopic (exact) mass is 541 g/mol. The van der Waals surface area contributed by atoms with Crippen LogP contribution in [0.15, 0.2) is 42.5 Å². The van der Waals surface area contributed by atoms with Gasteiger partial charge in [-0.1, -0.05) is 18.2 Å². The van der Waals surface area contributed by atoms with Gasteiger partial charge in [0.15, 0.2) is 0 Å². The Morgan fingerprint density at radius 3 is 2.26 bits per heavy atom. The molecule has 0 bridgehead atoms. The van der Waals surface area contributed by atoms with Crippen molar-refractivity contribution in [3.8, 4) is 5.75 Å². The third-order valence-electron chi connectivity index (χ3n) is 6.72.